The molecule has 1 fully saturated rings. The summed E-state index contributed by atoms with van der Waals surface area (Å²) in [6.07, 6.45) is 5.54. The Kier molecular flexibility index (Phi) is 4.06. The van der Waals surface area contributed by atoms with Gasteiger partial charge in [-0.1, -0.05) is 71.2 Å². The molecule has 2 atom stereocenters. The molecule has 0 spiro atoms. The van der Waals surface area contributed by atoms with Crippen LogP contribution in [-0.2, 0) is 11.0 Å². The van der Waals surface area contributed by atoms with Crippen molar-refractivity contribution in [2.45, 2.75) is 70.8 Å². The molecule has 0 aromatic heterocycles. The molecule has 19 heavy (non-hydrogen) atoms. The third-order valence-corrected chi connectivity index (χ3v) is 4.73. The van der Waals surface area contributed by atoms with Gasteiger partial charge in [0.15, 0.2) is 0 Å². The topological polar surface area (TPSA) is 20.2 Å². The van der Waals surface area contributed by atoms with E-state index in [0.717, 1.165) is 25.7 Å². The SMILES string of the molecule is CC[C@H]1CCCC[C@@]1(O)c1ccccc1C(C)(C)C. The van der Waals surface area contributed by atoms with Crippen LogP contribution < -0.4 is 0 Å². The average molecular weight is 260 g/mol. The molecule has 1 heteroatoms. The molecule has 1 nitrogen and oxygen atoms in total. The lowest BCUT2D eigenvalue weighted by atomic mass is 9.67. The highest BCUT2D eigenvalue weighted by Crippen LogP contribution is 2.46. The van der Waals surface area contributed by atoms with E-state index < -0.39 is 5.60 Å². The minimum Gasteiger partial charge on any atom is -0.385 e. The van der Waals surface area contributed by atoms with Crippen LogP contribution in [0, 0.1) is 5.92 Å². The zero-order valence-electron chi connectivity index (χ0n) is 12.9. The van der Waals surface area contributed by atoms with E-state index in [4.69, 9.17) is 0 Å². The van der Waals surface area contributed by atoms with Gasteiger partial charge < -0.3 is 5.11 Å². The Labute approximate surface area is 118 Å². The van der Waals surface area contributed by atoms with Gasteiger partial charge in [-0.3, -0.25) is 0 Å². The smallest absolute Gasteiger partial charge is 0.0927 e. The van der Waals surface area contributed by atoms with Gasteiger partial charge in [-0.2, -0.15) is 0 Å². The van der Waals surface area contributed by atoms with Crippen molar-refractivity contribution >= 4 is 0 Å². The molecule has 1 aromatic rings. The zero-order valence-corrected chi connectivity index (χ0v) is 12.9. The first-order chi connectivity index (χ1) is 8.89. The van der Waals surface area contributed by atoms with E-state index in [2.05, 4.69) is 52.0 Å². The Morgan fingerprint density at radius 1 is 1.21 bits per heavy atom. The summed E-state index contributed by atoms with van der Waals surface area (Å²) in [6, 6.07) is 8.50. The molecule has 1 N–H and O–H groups in total. The summed E-state index contributed by atoms with van der Waals surface area (Å²) in [5, 5.41) is 11.3. The van der Waals surface area contributed by atoms with Crippen LogP contribution in [0.25, 0.3) is 0 Å². The molecule has 0 heterocycles. The maximum Gasteiger partial charge on any atom is 0.0927 e. The van der Waals surface area contributed by atoms with Crippen molar-refractivity contribution in [3.05, 3.63) is 35.4 Å². The fourth-order valence-electron chi connectivity index (χ4n) is 3.64. The lowest BCUT2D eigenvalue weighted by Crippen LogP contribution is -2.39. The summed E-state index contributed by atoms with van der Waals surface area (Å²) in [5.41, 5.74) is 1.95. The third-order valence-electron chi connectivity index (χ3n) is 4.73. The maximum atomic E-state index is 11.3. The Hall–Kier alpha value is -0.820. The number of hydrogen-bond acceptors (Lipinski definition) is 1. The molecule has 1 aliphatic carbocycles. The standard InChI is InChI=1S/C18H28O/c1-5-14-10-8-9-13-18(14,19)16-12-7-6-11-15(16)17(2,3)4/h6-7,11-12,14,19H,5,8-10,13H2,1-4H3/t14-,18-/m0/s1. The number of benzene rings is 1. The molecular formula is C18H28O. The third kappa shape index (κ3) is 2.72. The predicted molar refractivity (Wildman–Crippen MR) is 81.3 cm³/mol. The molecule has 0 unspecified atom stereocenters. The molecule has 1 saturated carbocycles. The lowest BCUT2D eigenvalue weighted by Gasteiger charge is -2.42. The van der Waals surface area contributed by atoms with Gasteiger partial charge in [-0.15, -0.1) is 0 Å². The van der Waals surface area contributed by atoms with Gasteiger partial charge in [0.2, 0.25) is 0 Å². The van der Waals surface area contributed by atoms with E-state index in [1.807, 2.05) is 0 Å². The van der Waals surface area contributed by atoms with Gasteiger partial charge in [0.1, 0.15) is 0 Å². The van der Waals surface area contributed by atoms with E-state index in [1.54, 1.807) is 0 Å². The average Bonchev–Trinajstić information content (AvgIpc) is 2.38. The minimum absolute atomic E-state index is 0.0854. The number of rotatable bonds is 2. The van der Waals surface area contributed by atoms with Crippen LogP contribution in [0.3, 0.4) is 0 Å². The Balaban J connectivity index is 2.50. The largest absolute Gasteiger partial charge is 0.385 e. The van der Waals surface area contributed by atoms with Crippen LogP contribution in [0.15, 0.2) is 24.3 Å². The van der Waals surface area contributed by atoms with Crippen LogP contribution >= 0.6 is 0 Å². The minimum atomic E-state index is -0.614. The fourth-order valence-corrected chi connectivity index (χ4v) is 3.64. The van der Waals surface area contributed by atoms with E-state index in [-0.39, 0.29) is 5.41 Å². The van der Waals surface area contributed by atoms with Gasteiger partial charge in [0.05, 0.1) is 5.60 Å². The summed E-state index contributed by atoms with van der Waals surface area (Å²) in [4.78, 5) is 0. The molecule has 0 saturated heterocycles. The van der Waals surface area contributed by atoms with Crippen LogP contribution in [-0.4, -0.2) is 5.11 Å². The van der Waals surface area contributed by atoms with Crippen LogP contribution in [0.2, 0.25) is 0 Å². The van der Waals surface area contributed by atoms with Crippen LogP contribution in [0.1, 0.15) is 70.9 Å². The number of hydrogen-bond donors (Lipinski definition) is 1. The molecule has 106 valence electrons. The van der Waals surface area contributed by atoms with Crippen LogP contribution in [0.4, 0.5) is 0 Å². The van der Waals surface area contributed by atoms with Gasteiger partial charge in [-0.25, -0.2) is 0 Å². The molecular weight excluding hydrogens is 232 g/mol. The van der Waals surface area contributed by atoms with Crippen molar-refractivity contribution in [2.24, 2.45) is 5.92 Å². The molecule has 0 radical (unpaired) electrons. The molecule has 2 rings (SSSR count). The van der Waals surface area contributed by atoms with Crippen molar-refractivity contribution < 1.29 is 5.11 Å². The molecule has 0 amide bonds. The Morgan fingerprint density at radius 2 is 1.89 bits per heavy atom. The Bertz CT molecular complexity index is 430. The van der Waals surface area contributed by atoms with E-state index in [1.165, 1.54) is 17.5 Å². The highest BCUT2D eigenvalue weighted by atomic mass is 16.3. The van der Waals surface area contributed by atoms with E-state index in [0.29, 0.717) is 5.92 Å². The van der Waals surface area contributed by atoms with Gasteiger partial charge >= 0.3 is 0 Å². The normalized spacial score (nSPS) is 28.4. The summed E-state index contributed by atoms with van der Waals surface area (Å²) in [6.45, 7) is 8.91. The monoisotopic (exact) mass is 260 g/mol. The first kappa shape index (κ1) is 14.6. The second-order valence-corrected chi connectivity index (χ2v) is 7.07. The van der Waals surface area contributed by atoms with Crippen molar-refractivity contribution in [3.63, 3.8) is 0 Å². The maximum absolute atomic E-state index is 11.3. The second-order valence-electron chi connectivity index (χ2n) is 7.07. The summed E-state index contributed by atoms with van der Waals surface area (Å²) in [7, 11) is 0. The quantitative estimate of drug-likeness (QED) is 0.812. The lowest BCUT2D eigenvalue weighted by molar-refractivity contribution is -0.0569. The van der Waals surface area contributed by atoms with Crippen LogP contribution in [0.5, 0.6) is 0 Å². The molecule has 1 aromatic carbocycles. The Morgan fingerprint density at radius 3 is 2.53 bits per heavy atom. The fraction of sp³-hybridized carbons (Fsp3) is 0.667. The molecule has 0 aliphatic heterocycles. The summed E-state index contributed by atoms with van der Waals surface area (Å²) in [5.74, 6) is 0.407. The van der Waals surface area contributed by atoms with E-state index >= 15 is 0 Å². The highest BCUT2D eigenvalue weighted by molar-refractivity contribution is 5.38. The molecule has 0 bridgehead atoms. The van der Waals surface area contributed by atoms with Gasteiger partial charge in [-0.05, 0) is 35.3 Å². The first-order valence-electron chi connectivity index (χ1n) is 7.72. The summed E-state index contributed by atoms with van der Waals surface area (Å²) >= 11 is 0. The zero-order chi connectivity index (χ0) is 14.1. The van der Waals surface area contributed by atoms with E-state index in [9.17, 15) is 5.11 Å². The molecule has 1 aliphatic rings. The first-order valence-corrected chi connectivity index (χ1v) is 7.72. The highest BCUT2D eigenvalue weighted by Gasteiger charge is 2.41. The van der Waals surface area contributed by atoms with Crippen molar-refractivity contribution in [3.8, 4) is 0 Å². The van der Waals surface area contributed by atoms with Crippen molar-refractivity contribution in [1.82, 2.24) is 0 Å². The van der Waals surface area contributed by atoms with Crippen molar-refractivity contribution in [2.75, 3.05) is 0 Å². The number of aliphatic hydroxyl groups is 1. The van der Waals surface area contributed by atoms with Gasteiger partial charge in [0.25, 0.3) is 0 Å². The van der Waals surface area contributed by atoms with Crippen molar-refractivity contribution in [1.29, 1.82) is 0 Å². The summed E-state index contributed by atoms with van der Waals surface area (Å²) < 4.78 is 0. The van der Waals surface area contributed by atoms with Gasteiger partial charge in [0, 0.05) is 0 Å². The second kappa shape index (κ2) is 5.28. The predicted octanol–water partition coefficient (Wildman–Crippen LogP) is 4.77.